The van der Waals surface area contributed by atoms with Gasteiger partial charge in [0.2, 0.25) is 11.8 Å². The summed E-state index contributed by atoms with van der Waals surface area (Å²) in [5, 5.41) is 4.19. The second-order valence-corrected chi connectivity index (χ2v) is 14.8. The van der Waals surface area contributed by atoms with E-state index in [1.54, 1.807) is 36.0 Å². The number of fused-ring (bicyclic) bond motifs is 9. The Labute approximate surface area is 272 Å². The third-order valence-electron chi connectivity index (χ3n) is 9.71. The molecule has 4 aliphatic rings. The van der Waals surface area contributed by atoms with Gasteiger partial charge in [-0.05, 0) is 79.1 Å². The first-order chi connectivity index (χ1) is 21.8. The topological polar surface area (TPSA) is 109 Å². The molecule has 8 rings (SSSR count). The molecule has 0 spiro atoms. The van der Waals surface area contributed by atoms with E-state index in [9.17, 15) is 19.2 Å². The van der Waals surface area contributed by atoms with Gasteiger partial charge >= 0.3 is 4.87 Å². The maximum absolute atomic E-state index is 14.0. The predicted molar refractivity (Wildman–Crippen MR) is 174 cm³/mol. The van der Waals surface area contributed by atoms with E-state index in [1.807, 2.05) is 55.5 Å². The van der Waals surface area contributed by atoms with Crippen LogP contribution in [0.25, 0.3) is 0 Å². The number of aromatic nitrogens is 1. The van der Waals surface area contributed by atoms with E-state index in [1.165, 1.54) is 4.90 Å². The van der Waals surface area contributed by atoms with Gasteiger partial charge in [-0.15, -0.1) is 11.8 Å². The summed E-state index contributed by atoms with van der Waals surface area (Å²) in [6.07, 6.45) is 0.767. The molecule has 1 aromatic heterocycles. The summed E-state index contributed by atoms with van der Waals surface area (Å²) in [6, 6.07) is 22.0. The van der Waals surface area contributed by atoms with Crippen molar-refractivity contribution in [3.05, 3.63) is 103 Å². The van der Waals surface area contributed by atoms with Crippen LogP contribution in [-0.2, 0) is 14.4 Å². The Morgan fingerprint density at radius 3 is 2.56 bits per heavy atom. The summed E-state index contributed by atoms with van der Waals surface area (Å²) in [5.41, 5.74) is 3.10. The number of imide groups is 1. The fraction of sp³-hybridized carbons (Fsp3) is 0.294. The van der Waals surface area contributed by atoms with Crippen molar-refractivity contribution in [1.82, 2.24) is 4.98 Å². The summed E-state index contributed by atoms with van der Waals surface area (Å²) in [7, 11) is 0. The number of thioether (sulfide) groups is 1. The Balaban J connectivity index is 1.15. The molecule has 228 valence electrons. The number of nitrogens with one attached hydrogen (secondary N) is 2. The second kappa shape index (κ2) is 10.9. The number of ether oxygens (including phenoxy) is 1. The molecule has 2 N–H and O–H groups in total. The van der Waals surface area contributed by atoms with Crippen LogP contribution in [-0.4, -0.2) is 34.6 Å². The highest BCUT2D eigenvalue weighted by Crippen LogP contribution is 2.69. The van der Waals surface area contributed by atoms with Gasteiger partial charge in [0.25, 0.3) is 5.91 Å². The van der Waals surface area contributed by atoms with Crippen molar-refractivity contribution < 1.29 is 19.1 Å². The first-order valence-corrected chi connectivity index (χ1v) is 17.0. The predicted octanol–water partition coefficient (Wildman–Crippen LogP) is 6.09. The second-order valence-electron chi connectivity index (χ2n) is 12.2. The molecular formula is C34H28ClN3O5S2. The van der Waals surface area contributed by atoms with Gasteiger partial charge < -0.3 is 15.0 Å². The lowest BCUT2D eigenvalue weighted by atomic mass is 9.68. The largest absolute Gasteiger partial charge is 0.483 e. The molecule has 2 bridgehead atoms. The maximum atomic E-state index is 14.0. The number of aromatic amines is 1. The minimum atomic E-state index is -0.423. The number of carbonyl (C=O) groups excluding carboxylic acids is 3. The molecule has 7 atom stereocenters. The van der Waals surface area contributed by atoms with Crippen LogP contribution in [0.3, 0.4) is 0 Å². The number of benzene rings is 3. The fourth-order valence-electron chi connectivity index (χ4n) is 8.15. The first kappa shape index (κ1) is 28.6. The van der Waals surface area contributed by atoms with E-state index in [0.717, 1.165) is 38.8 Å². The summed E-state index contributed by atoms with van der Waals surface area (Å²) >= 11 is 9.37. The lowest BCUT2D eigenvalue weighted by Crippen LogP contribution is -2.42. The van der Waals surface area contributed by atoms with Crippen LogP contribution in [0, 0.1) is 36.5 Å². The van der Waals surface area contributed by atoms with Crippen LogP contribution in [0.1, 0.15) is 28.3 Å². The molecule has 0 radical (unpaired) electrons. The van der Waals surface area contributed by atoms with Gasteiger partial charge in [-0.1, -0.05) is 53.3 Å². The number of nitrogens with zero attached hydrogens (tertiary/aromatic N) is 1. The van der Waals surface area contributed by atoms with E-state index in [2.05, 4.69) is 10.3 Å². The molecule has 1 saturated heterocycles. The highest BCUT2D eigenvalue weighted by atomic mass is 35.5. The number of hydrogen-bond donors (Lipinski definition) is 2. The Bertz CT molecular complexity index is 1930. The quantitative estimate of drug-likeness (QED) is 0.243. The van der Waals surface area contributed by atoms with Gasteiger partial charge in [-0.2, -0.15) is 0 Å². The Morgan fingerprint density at radius 2 is 1.78 bits per heavy atom. The summed E-state index contributed by atoms with van der Waals surface area (Å²) in [4.78, 5) is 58.5. The molecule has 2 saturated carbocycles. The summed E-state index contributed by atoms with van der Waals surface area (Å²) < 4.78 is 6.17. The molecular weight excluding hydrogens is 630 g/mol. The van der Waals surface area contributed by atoms with Crippen molar-refractivity contribution in [2.24, 2.45) is 29.6 Å². The highest BCUT2D eigenvalue weighted by molar-refractivity contribution is 8.00. The smallest absolute Gasteiger partial charge is 0.305 e. The average molecular weight is 658 g/mol. The third-order valence-corrected chi connectivity index (χ3v) is 12.5. The van der Waals surface area contributed by atoms with Crippen LogP contribution in [0.5, 0.6) is 5.75 Å². The molecule has 4 unspecified atom stereocenters. The van der Waals surface area contributed by atoms with Crippen molar-refractivity contribution in [3.8, 4) is 5.75 Å². The molecule has 45 heavy (non-hydrogen) atoms. The van der Waals surface area contributed by atoms with Crippen LogP contribution < -0.4 is 19.8 Å². The lowest BCUT2D eigenvalue weighted by molar-refractivity contribution is -0.123. The number of anilines is 2. The summed E-state index contributed by atoms with van der Waals surface area (Å²) in [6.45, 7) is 1.74. The molecule has 4 aromatic rings. The number of H-pyrrole nitrogens is 1. The van der Waals surface area contributed by atoms with Crippen molar-refractivity contribution in [2.45, 2.75) is 29.5 Å². The van der Waals surface area contributed by atoms with E-state index in [4.69, 9.17) is 16.3 Å². The molecule has 2 aliphatic heterocycles. The number of para-hydroxylation sites is 1. The third kappa shape index (κ3) is 4.64. The first-order valence-electron chi connectivity index (χ1n) is 14.9. The summed E-state index contributed by atoms with van der Waals surface area (Å²) in [5.74, 6) is -1.29. The van der Waals surface area contributed by atoms with Gasteiger partial charge in [-0.25, -0.2) is 0 Å². The fourth-order valence-corrected chi connectivity index (χ4v) is 11.2. The molecule has 3 heterocycles. The Morgan fingerprint density at radius 1 is 1.00 bits per heavy atom. The van der Waals surface area contributed by atoms with Crippen LogP contribution >= 0.6 is 34.7 Å². The van der Waals surface area contributed by atoms with E-state index in [-0.39, 0.29) is 64.0 Å². The van der Waals surface area contributed by atoms with Crippen molar-refractivity contribution in [3.63, 3.8) is 0 Å². The van der Waals surface area contributed by atoms with E-state index < -0.39 is 5.92 Å². The molecule has 2 aliphatic carbocycles. The van der Waals surface area contributed by atoms with Crippen molar-refractivity contribution >= 4 is 63.8 Å². The van der Waals surface area contributed by atoms with Crippen molar-refractivity contribution in [1.29, 1.82) is 0 Å². The SMILES string of the molecule is Cc1cccc(NC(=O)COc2ccc(Cl)cc2[C@H]2c3sc(=O)[nH]c3SC3C2[C@H]2C[C@@H]3C3C(=O)N(c4ccccc4)C(=O)C32)c1. The minimum Gasteiger partial charge on any atom is -0.483 e. The standard InChI is InChI=1S/C34H28ClN3O5S2/c1-16-6-5-7-18(12-16)36-24(39)15-43-23-11-10-17(35)13-20(23)25-26-21-14-22(29(26)44-31-30(25)45-34(42)37-31)28-27(21)32(40)38(33(28)41)19-8-3-2-4-9-19/h2-13,21-22,25-29H,14-15H2,1H3,(H,36,39)(H,37,42)/t21-,22-,25-,26?,27?,28?,29?/m1/s1. The Hall–Kier alpha value is -3.86. The monoisotopic (exact) mass is 657 g/mol. The van der Waals surface area contributed by atoms with Gasteiger partial charge in [0.1, 0.15) is 5.75 Å². The van der Waals surface area contributed by atoms with Crippen molar-refractivity contribution in [2.75, 3.05) is 16.8 Å². The number of thiazole rings is 1. The number of hydrogen-bond acceptors (Lipinski definition) is 7. The molecule has 3 aromatic carbocycles. The van der Waals surface area contributed by atoms with E-state index in [0.29, 0.717) is 22.1 Å². The van der Waals surface area contributed by atoms with E-state index >= 15 is 0 Å². The molecule has 8 nitrogen and oxygen atoms in total. The zero-order chi connectivity index (χ0) is 31.0. The molecule has 3 amide bonds. The number of amides is 3. The zero-order valence-electron chi connectivity index (χ0n) is 24.1. The van der Waals surface area contributed by atoms with Crippen LogP contribution in [0.15, 0.2) is 82.6 Å². The van der Waals surface area contributed by atoms with Crippen LogP contribution in [0.4, 0.5) is 11.4 Å². The minimum absolute atomic E-state index is 0.0112. The van der Waals surface area contributed by atoms with Gasteiger partial charge in [0.05, 0.1) is 22.5 Å². The maximum Gasteiger partial charge on any atom is 0.305 e. The van der Waals surface area contributed by atoms with Gasteiger partial charge in [0.15, 0.2) is 6.61 Å². The highest BCUT2D eigenvalue weighted by Gasteiger charge is 2.69. The normalized spacial score (nSPS) is 27.7. The average Bonchev–Trinajstić information content (AvgIpc) is 3.75. The molecule has 11 heteroatoms. The number of halogens is 1. The van der Waals surface area contributed by atoms with Gasteiger partial charge in [0, 0.05) is 32.3 Å². The zero-order valence-corrected chi connectivity index (χ0v) is 26.5. The Kier molecular flexibility index (Phi) is 6.92. The van der Waals surface area contributed by atoms with Crippen LogP contribution in [0.2, 0.25) is 5.02 Å². The molecule has 3 fully saturated rings. The number of aryl methyl sites for hydroxylation is 1. The van der Waals surface area contributed by atoms with Gasteiger partial charge in [-0.3, -0.25) is 24.1 Å². The number of carbonyl (C=O) groups is 3. The number of rotatable bonds is 6. The lowest BCUT2D eigenvalue weighted by Gasteiger charge is -2.43.